The van der Waals surface area contributed by atoms with Crippen LogP contribution in [0.1, 0.15) is 33.6 Å². The fourth-order valence-electron chi connectivity index (χ4n) is 0.824. The van der Waals surface area contributed by atoms with Crippen LogP contribution in [0.4, 0.5) is 0 Å². The highest BCUT2D eigenvalue weighted by Gasteiger charge is 2.22. The lowest BCUT2D eigenvalue weighted by Crippen LogP contribution is -2.51. The third-order valence-corrected chi connectivity index (χ3v) is 2.10. The molecule has 0 radical (unpaired) electrons. The number of carbonyl (C=O) groups excluding carboxylic acids is 2. The molecule has 1 unspecified atom stereocenters. The van der Waals surface area contributed by atoms with Crippen molar-refractivity contribution in [3.63, 3.8) is 0 Å². The predicted molar refractivity (Wildman–Crippen MR) is 54.3 cm³/mol. The second kappa shape index (κ2) is 4.95. The van der Waals surface area contributed by atoms with Gasteiger partial charge in [0.05, 0.1) is 12.5 Å². The topological polar surface area (TPSA) is 98.2 Å². The summed E-state index contributed by atoms with van der Waals surface area (Å²) in [7, 11) is 0. The summed E-state index contributed by atoms with van der Waals surface area (Å²) in [6.45, 7) is 5.74. The molecule has 14 heavy (non-hydrogen) atoms. The van der Waals surface area contributed by atoms with Gasteiger partial charge in [0.25, 0.3) is 0 Å². The molecule has 0 aromatic rings. The van der Waals surface area contributed by atoms with Crippen LogP contribution >= 0.6 is 0 Å². The van der Waals surface area contributed by atoms with E-state index in [0.29, 0.717) is 0 Å². The molecule has 1 atom stereocenters. The lowest BCUT2D eigenvalue weighted by atomic mass is 10.0. The molecule has 0 heterocycles. The minimum absolute atomic E-state index is 0.119. The molecule has 82 valence electrons. The number of amides is 2. The number of nitrogens with two attached hydrogens (primary N) is 2. The summed E-state index contributed by atoms with van der Waals surface area (Å²) >= 11 is 0. The number of hydrogen-bond donors (Lipinski definition) is 3. The van der Waals surface area contributed by atoms with Crippen LogP contribution in [-0.4, -0.2) is 23.4 Å². The van der Waals surface area contributed by atoms with Crippen LogP contribution in [-0.2, 0) is 9.59 Å². The van der Waals surface area contributed by atoms with E-state index in [2.05, 4.69) is 5.32 Å². The van der Waals surface area contributed by atoms with Crippen molar-refractivity contribution in [3.05, 3.63) is 0 Å². The number of rotatable bonds is 5. The second-order valence-electron chi connectivity index (χ2n) is 4.00. The summed E-state index contributed by atoms with van der Waals surface area (Å²) in [5, 5.41) is 2.74. The summed E-state index contributed by atoms with van der Waals surface area (Å²) in [5.74, 6) is -0.905. The SMILES string of the molecule is CCC(C)(C)NC(=O)C(N)CC(N)=O. The molecule has 0 aromatic carbocycles. The monoisotopic (exact) mass is 201 g/mol. The molecular weight excluding hydrogens is 182 g/mol. The maximum absolute atomic E-state index is 11.4. The van der Waals surface area contributed by atoms with E-state index in [1.165, 1.54) is 0 Å². The highest BCUT2D eigenvalue weighted by Crippen LogP contribution is 2.07. The Morgan fingerprint density at radius 3 is 2.29 bits per heavy atom. The Kier molecular flexibility index (Phi) is 4.56. The Morgan fingerprint density at radius 2 is 1.93 bits per heavy atom. The maximum atomic E-state index is 11.4. The van der Waals surface area contributed by atoms with E-state index in [4.69, 9.17) is 11.5 Å². The molecule has 0 bridgehead atoms. The molecule has 5 heteroatoms. The smallest absolute Gasteiger partial charge is 0.237 e. The molecule has 0 saturated heterocycles. The van der Waals surface area contributed by atoms with E-state index in [1.54, 1.807) is 0 Å². The van der Waals surface area contributed by atoms with Crippen molar-refractivity contribution in [2.45, 2.75) is 45.2 Å². The lowest BCUT2D eigenvalue weighted by molar-refractivity contribution is -0.127. The largest absolute Gasteiger partial charge is 0.370 e. The fourth-order valence-corrected chi connectivity index (χ4v) is 0.824. The van der Waals surface area contributed by atoms with Gasteiger partial charge in [-0.05, 0) is 20.3 Å². The van der Waals surface area contributed by atoms with Crippen LogP contribution in [0.3, 0.4) is 0 Å². The molecule has 0 aliphatic carbocycles. The molecule has 0 rings (SSSR count). The van der Waals surface area contributed by atoms with E-state index in [1.807, 2.05) is 20.8 Å². The molecule has 5 nitrogen and oxygen atoms in total. The van der Waals surface area contributed by atoms with Gasteiger partial charge in [0, 0.05) is 5.54 Å². The van der Waals surface area contributed by atoms with Gasteiger partial charge in [0.1, 0.15) is 0 Å². The zero-order valence-corrected chi connectivity index (χ0v) is 8.96. The average Bonchev–Trinajstić information content (AvgIpc) is 2.02. The normalized spacial score (nSPS) is 13.4. The van der Waals surface area contributed by atoms with Gasteiger partial charge in [-0.25, -0.2) is 0 Å². The first kappa shape index (κ1) is 12.9. The third-order valence-electron chi connectivity index (χ3n) is 2.10. The van der Waals surface area contributed by atoms with Crippen molar-refractivity contribution in [1.29, 1.82) is 0 Å². The number of carbonyl (C=O) groups is 2. The molecule has 2 amide bonds. The summed E-state index contributed by atoms with van der Waals surface area (Å²) in [5.41, 5.74) is 10.1. The van der Waals surface area contributed by atoms with Gasteiger partial charge in [0.2, 0.25) is 11.8 Å². The number of primary amides is 1. The first-order chi connectivity index (χ1) is 6.28. The van der Waals surface area contributed by atoms with Gasteiger partial charge in [0.15, 0.2) is 0 Å². The number of nitrogens with one attached hydrogen (secondary N) is 1. The summed E-state index contributed by atoms with van der Waals surface area (Å²) < 4.78 is 0. The second-order valence-corrected chi connectivity index (χ2v) is 4.00. The average molecular weight is 201 g/mol. The Labute approximate surface area is 84.2 Å². The molecule has 0 fully saturated rings. The molecular formula is C9H19N3O2. The van der Waals surface area contributed by atoms with Crippen LogP contribution in [0.15, 0.2) is 0 Å². The Morgan fingerprint density at radius 1 is 1.43 bits per heavy atom. The van der Waals surface area contributed by atoms with Gasteiger partial charge < -0.3 is 16.8 Å². The third kappa shape index (κ3) is 4.81. The van der Waals surface area contributed by atoms with Crippen LogP contribution in [0.25, 0.3) is 0 Å². The summed E-state index contributed by atoms with van der Waals surface area (Å²) in [6, 6.07) is -0.849. The Hall–Kier alpha value is -1.10. The molecule has 0 aromatic heterocycles. The first-order valence-electron chi connectivity index (χ1n) is 4.64. The van der Waals surface area contributed by atoms with Gasteiger partial charge in [-0.15, -0.1) is 0 Å². The van der Waals surface area contributed by atoms with Gasteiger partial charge in [-0.3, -0.25) is 9.59 Å². The molecule has 0 aliphatic rings. The van der Waals surface area contributed by atoms with Gasteiger partial charge >= 0.3 is 0 Å². The van der Waals surface area contributed by atoms with E-state index in [-0.39, 0.29) is 17.9 Å². The van der Waals surface area contributed by atoms with E-state index >= 15 is 0 Å². The van der Waals surface area contributed by atoms with Gasteiger partial charge in [-0.1, -0.05) is 6.92 Å². The maximum Gasteiger partial charge on any atom is 0.237 e. The predicted octanol–water partition coefficient (Wildman–Crippen LogP) is -0.506. The Bertz CT molecular complexity index is 226. The van der Waals surface area contributed by atoms with E-state index < -0.39 is 11.9 Å². The minimum atomic E-state index is -0.849. The standard InChI is InChI=1S/C9H19N3O2/c1-4-9(2,3)12-8(14)6(10)5-7(11)13/h6H,4-5,10H2,1-3H3,(H2,11,13)(H,12,14). The quantitative estimate of drug-likeness (QED) is 0.559. The highest BCUT2D eigenvalue weighted by molar-refractivity contribution is 5.87. The van der Waals surface area contributed by atoms with Crippen LogP contribution < -0.4 is 16.8 Å². The van der Waals surface area contributed by atoms with E-state index in [0.717, 1.165) is 6.42 Å². The molecule has 0 saturated carbocycles. The van der Waals surface area contributed by atoms with Gasteiger partial charge in [-0.2, -0.15) is 0 Å². The molecule has 0 aliphatic heterocycles. The van der Waals surface area contributed by atoms with Crippen molar-refractivity contribution in [2.24, 2.45) is 11.5 Å². The van der Waals surface area contributed by atoms with Crippen molar-refractivity contribution in [3.8, 4) is 0 Å². The summed E-state index contributed by atoms with van der Waals surface area (Å²) in [6.07, 6.45) is 0.674. The first-order valence-corrected chi connectivity index (χ1v) is 4.64. The van der Waals surface area contributed by atoms with E-state index in [9.17, 15) is 9.59 Å². The molecule has 0 spiro atoms. The van der Waals surface area contributed by atoms with Crippen LogP contribution in [0, 0.1) is 0 Å². The summed E-state index contributed by atoms with van der Waals surface area (Å²) in [4.78, 5) is 21.9. The van der Waals surface area contributed by atoms with Crippen LogP contribution in [0.5, 0.6) is 0 Å². The van der Waals surface area contributed by atoms with Crippen molar-refractivity contribution in [1.82, 2.24) is 5.32 Å². The minimum Gasteiger partial charge on any atom is -0.370 e. The number of hydrogen-bond acceptors (Lipinski definition) is 3. The lowest BCUT2D eigenvalue weighted by Gasteiger charge is -2.26. The zero-order valence-electron chi connectivity index (χ0n) is 8.96. The van der Waals surface area contributed by atoms with Crippen LogP contribution in [0.2, 0.25) is 0 Å². The fraction of sp³-hybridized carbons (Fsp3) is 0.778. The van der Waals surface area contributed by atoms with Crippen molar-refractivity contribution in [2.75, 3.05) is 0 Å². The van der Waals surface area contributed by atoms with Crippen molar-refractivity contribution >= 4 is 11.8 Å². The highest BCUT2D eigenvalue weighted by atomic mass is 16.2. The zero-order chi connectivity index (χ0) is 11.4. The van der Waals surface area contributed by atoms with Crippen molar-refractivity contribution < 1.29 is 9.59 Å². The molecule has 5 N–H and O–H groups in total. The Balaban J connectivity index is 4.14.